The van der Waals surface area contributed by atoms with Gasteiger partial charge in [-0.3, -0.25) is 9.78 Å². The number of carbonyl (C=O) groups is 1. The SMILES string of the molecule is NCCNC(=O)c1cc(-c2ccncc2)c(-c2ccc3c(c2)CCC3N=O)o1. The first-order valence-electron chi connectivity index (χ1n) is 9.19. The van der Waals surface area contributed by atoms with Crippen molar-refractivity contribution in [2.75, 3.05) is 13.1 Å². The number of hydrogen-bond donors (Lipinski definition) is 2. The maximum atomic E-state index is 12.4. The molecule has 0 spiro atoms. The van der Waals surface area contributed by atoms with Crippen LogP contribution in [-0.2, 0) is 6.42 Å². The van der Waals surface area contributed by atoms with Crippen LogP contribution in [0.5, 0.6) is 0 Å². The van der Waals surface area contributed by atoms with Gasteiger partial charge in [-0.1, -0.05) is 17.3 Å². The average Bonchev–Trinajstić information content (AvgIpc) is 3.36. The lowest BCUT2D eigenvalue weighted by Gasteiger charge is -2.07. The van der Waals surface area contributed by atoms with Crippen molar-refractivity contribution in [3.63, 3.8) is 0 Å². The molecule has 1 aliphatic carbocycles. The van der Waals surface area contributed by atoms with Crippen LogP contribution in [0.3, 0.4) is 0 Å². The minimum absolute atomic E-state index is 0.225. The summed E-state index contributed by atoms with van der Waals surface area (Å²) in [5, 5.41) is 5.94. The molecule has 0 saturated heterocycles. The Balaban J connectivity index is 1.78. The molecule has 28 heavy (non-hydrogen) atoms. The van der Waals surface area contributed by atoms with Crippen molar-refractivity contribution in [2.24, 2.45) is 10.9 Å². The Morgan fingerprint density at radius 2 is 2.04 bits per heavy atom. The summed E-state index contributed by atoms with van der Waals surface area (Å²) >= 11 is 0. The van der Waals surface area contributed by atoms with Gasteiger partial charge in [-0.05, 0) is 53.8 Å². The fourth-order valence-electron chi connectivity index (χ4n) is 3.58. The normalized spacial score (nSPS) is 15.2. The zero-order valence-corrected chi connectivity index (χ0v) is 15.2. The number of benzene rings is 1. The first-order valence-corrected chi connectivity index (χ1v) is 9.19. The Kier molecular flexibility index (Phi) is 4.99. The Morgan fingerprint density at radius 1 is 1.21 bits per heavy atom. The van der Waals surface area contributed by atoms with Gasteiger partial charge >= 0.3 is 0 Å². The molecule has 1 aromatic carbocycles. The topological polar surface area (TPSA) is 111 Å². The Labute approximate surface area is 161 Å². The van der Waals surface area contributed by atoms with Gasteiger partial charge < -0.3 is 15.5 Å². The van der Waals surface area contributed by atoms with E-state index in [0.29, 0.717) is 18.8 Å². The molecule has 3 N–H and O–H groups in total. The number of furan rings is 1. The van der Waals surface area contributed by atoms with Gasteiger partial charge in [-0.2, -0.15) is 4.91 Å². The van der Waals surface area contributed by atoms with Gasteiger partial charge in [0, 0.05) is 36.6 Å². The van der Waals surface area contributed by atoms with Gasteiger partial charge in [0.1, 0.15) is 11.8 Å². The third-order valence-electron chi connectivity index (χ3n) is 4.96. The maximum absolute atomic E-state index is 12.4. The van der Waals surface area contributed by atoms with E-state index in [1.54, 1.807) is 18.5 Å². The Morgan fingerprint density at radius 3 is 2.79 bits per heavy atom. The number of amides is 1. The van der Waals surface area contributed by atoms with Crippen LogP contribution in [0.15, 0.2) is 58.4 Å². The lowest BCUT2D eigenvalue weighted by atomic mass is 9.99. The molecule has 142 valence electrons. The van der Waals surface area contributed by atoms with Gasteiger partial charge in [0.25, 0.3) is 5.91 Å². The molecule has 1 aliphatic rings. The fourth-order valence-corrected chi connectivity index (χ4v) is 3.58. The number of rotatable bonds is 6. The molecule has 2 aromatic heterocycles. The van der Waals surface area contributed by atoms with E-state index in [2.05, 4.69) is 15.5 Å². The molecule has 1 atom stereocenters. The highest BCUT2D eigenvalue weighted by atomic mass is 16.4. The maximum Gasteiger partial charge on any atom is 0.287 e. The van der Waals surface area contributed by atoms with E-state index in [9.17, 15) is 9.70 Å². The van der Waals surface area contributed by atoms with Crippen molar-refractivity contribution in [1.82, 2.24) is 10.3 Å². The molecule has 2 heterocycles. The summed E-state index contributed by atoms with van der Waals surface area (Å²) in [6.45, 7) is 0.728. The molecular formula is C21H20N4O3. The summed E-state index contributed by atoms with van der Waals surface area (Å²) in [6.07, 6.45) is 4.92. The molecule has 0 saturated carbocycles. The van der Waals surface area contributed by atoms with Crippen LogP contribution in [-0.4, -0.2) is 24.0 Å². The lowest BCUT2D eigenvalue weighted by Crippen LogP contribution is -2.28. The van der Waals surface area contributed by atoms with Gasteiger partial charge in [-0.25, -0.2) is 0 Å². The molecule has 1 amide bonds. The number of carbonyl (C=O) groups excluding carboxylic acids is 1. The molecule has 0 fully saturated rings. The van der Waals surface area contributed by atoms with E-state index in [0.717, 1.165) is 40.7 Å². The van der Waals surface area contributed by atoms with E-state index in [4.69, 9.17) is 10.2 Å². The first-order chi connectivity index (χ1) is 13.7. The molecule has 0 aliphatic heterocycles. The number of nitrogens with zero attached hydrogens (tertiary/aromatic N) is 2. The summed E-state index contributed by atoms with van der Waals surface area (Å²) < 4.78 is 5.97. The highest BCUT2D eigenvalue weighted by Crippen LogP contribution is 2.40. The second-order valence-corrected chi connectivity index (χ2v) is 6.71. The van der Waals surface area contributed by atoms with Crippen molar-refractivity contribution in [1.29, 1.82) is 0 Å². The minimum Gasteiger partial charge on any atom is -0.450 e. The Bertz CT molecular complexity index is 1010. The van der Waals surface area contributed by atoms with Crippen molar-refractivity contribution in [2.45, 2.75) is 18.9 Å². The number of fused-ring (bicyclic) bond motifs is 1. The standard InChI is InChI=1S/C21H20N4O3/c22-7-10-24-21(26)19-12-17(13-5-8-23-9-6-13)20(28-19)15-1-3-16-14(11-15)2-4-18(16)25-27/h1,3,5-6,8-9,11-12,18H,2,4,7,10,22H2,(H,24,26). The van der Waals surface area contributed by atoms with Gasteiger partial charge in [0.2, 0.25) is 0 Å². The van der Waals surface area contributed by atoms with Gasteiger partial charge in [0.05, 0.1) is 0 Å². The van der Waals surface area contributed by atoms with Crippen LogP contribution in [0.2, 0.25) is 0 Å². The molecule has 7 heteroatoms. The monoisotopic (exact) mass is 376 g/mol. The molecule has 4 rings (SSSR count). The number of nitrogens with one attached hydrogen (secondary N) is 1. The zero-order valence-electron chi connectivity index (χ0n) is 15.2. The molecule has 0 bridgehead atoms. The van der Waals surface area contributed by atoms with Gasteiger partial charge in [0.15, 0.2) is 5.76 Å². The van der Waals surface area contributed by atoms with Gasteiger partial charge in [-0.15, -0.1) is 0 Å². The highest BCUT2D eigenvalue weighted by Gasteiger charge is 2.25. The van der Waals surface area contributed by atoms with Crippen LogP contribution < -0.4 is 11.1 Å². The summed E-state index contributed by atoms with van der Waals surface area (Å²) in [4.78, 5) is 27.4. The molecule has 3 aromatic rings. The zero-order chi connectivity index (χ0) is 19.5. The van der Waals surface area contributed by atoms with Crippen LogP contribution in [0.25, 0.3) is 22.5 Å². The number of aromatic nitrogens is 1. The number of pyridine rings is 1. The smallest absolute Gasteiger partial charge is 0.287 e. The predicted molar refractivity (Wildman–Crippen MR) is 106 cm³/mol. The van der Waals surface area contributed by atoms with E-state index < -0.39 is 0 Å². The van der Waals surface area contributed by atoms with Crippen molar-refractivity contribution >= 4 is 5.91 Å². The third kappa shape index (κ3) is 3.32. The minimum atomic E-state index is -0.307. The summed E-state index contributed by atoms with van der Waals surface area (Å²) in [5.74, 6) is 0.524. The summed E-state index contributed by atoms with van der Waals surface area (Å²) in [6, 6.07) is 11.1. The van der Waals surface area contributed by atoms with E-state index in [1.807, 2.05) is 30.3 Å². The quantitative estimate of drug-likeness (QED) is 0.640. The highest BCUT2D eigenvalue weighted by molar-refractivity contribution is 5.95. The summed E-state index contributed by atoms with van der Waals surface area (Å²) in [7, 11) is 0. The largest absolute Gasteiger partial charge is 0.450 e. The predicted octanol–water partition coefficient (Wildman–Crippen LogP) is 3.45. The second-order valence-electron chi connectivity index (χ2n) is 6.71. The van der Waals surface area contributed by atoms with E-state index >= 15 is 0 Å². The van der Waals surface area contributed by atoms with Crippen LogP contribution >= 0.6 is 0 Å². The Hall–Kier alpha value is -3.32. The lowest BCUT2D eigenvalue weighted by molar-refractivity contribution is 0.0928. The average molecular weight is 376 g/mol. The molecule has 1 unspecified atom stereocenters. The van der Waals surface area contributed by atoms with E-state index in [-0.39, 0.29) is 17.7 Å². The van der Waals surface area contributed by atoms with Crippen LogP contribution in [0.4, 0.5) is 0 Å². The number of aryl methyl sites for hydroxylation is 1. The number of nitrogens with two attached hydrogens (primary N) is 1. The second kappa shape index (κ2) is 7.74. The van der Waals surface area contributed by atoms with E-state index in [1.165, 1.54) is 0 Å². The molecule has 0 radical (unpaired) electrons. The first kappa shape index (κ1) is 18.1. The van der Waals surface area contributed by atoms with Crippen LogP contribution in [0, 0.1) is 4.91 Å². The number of nitroso groups, excluding NO2 is 1. The third-order valence-corrected chi connectivity index (χ3v) is 4.96. The van der Waals surface area contributed by atoms with Crippen molar-refractivity contribution in [3.05, 3.63) is 70.6 Å². The van der Waals surface area contributed by atoms with Crippen LogP contribution in [0.1, 0.15) is 34.1 Å². The number of hydrogen-bond acceptors (Lipinski definition) is 6. The molecular weight excluding hydrogens is 356 g/mol. The summed E-state index contributed by atoms with van der Waals surface area (Å²) in [5.41, 5.74) is 10.1. The van der Waals surface area contributed by atoms with Crippen molar-refractivity contribution in [3.8, 4) is 22.5 Å². The molecule has 7 nitrogen and oxygen atoms in total. The fraction of sp³-hybridized carbons (Fsp3) is 0.238. The van der Waals surface area contributed by atoms with Crippen molar-refractivity contribution < 1.29 is 9.21 Å².